The molecule has 3 aromatic heterocycles. The van der Waals surface area contributed by atoms with Crippen molar-refractivity contribution in [2.24, 2.45) is 7.05 Å². The zero-order valence-corrected chi connectivity index (χ0v) is 19.3. The normalized spacial score (nSPS) is 17.9. The van der Waals surface area contributed by atoms with Crippen LogP contribution in [0.1, 0.15) is 24.6 Å². The molecule has 1 saturated heterocycles. The number of aromatic nitrogens is 5. The van der Waals surface area contributed by atoms with Crippen molar-refractivity contribution >= 4 is 33.5 Å². The van der Waals surface area contributed by atoms with E-state index in [1.807, 2.05) is 48.3 Å². The maximum atomic E-state index is 12.9. The number of ether oxygens (including phenoxy) is 1. The monoisotopic (exact) mass is 467 g/mol. The van der Waals surface area contributed by atoms with Gasteiger partial charge in [0.25, 0.3) is 0 Å². The van der Waals surface area contributed by atoms with Crippen LogP contribution in [0.3, 0.4) is 0 Å². The van der Waals surface area contributed by atoms with Gasteiger partial charge in [0.15, 0.2) is 0 Å². The molecule has 9 nitrogen and oxygen atoms in total. The summed E-state index contributed by atoms with van der Waals surface area (Å²) in [5, 5.41) is 10.6. The molecule has 2 aromatic carbocycles. The molecule has 0 radical (unpaired) electrons. The summed E-state index contributed by atoms with van der Waals surface area (Å²) in [7, 11) is 1.86. The van der Waals surface area contributed by atoms with Crippen molar-refractivity contribution in [3.63, 3.8) is 0 Å². The molecule has 1 fully saturated rings. The van der Waals surface area contributed by atoms with Crippen LogP contribution in [-0.4, -0.2) is 36.3 Å². The first-order valence-electron chi connectivity index (χ1n) is 11.6. The molecule has 2 unspecified atom stereocenters. The summed E-state index contributed by atoms with van der Waals surface area (Å²) < 4.78 is 9.87. The quantitative estimate of drug-likeness (QED) is 0.409. The van der Waals surface area contributed by atoms with Gasteiger partial charge in [0.05, 0.1) is 11.1 Å². The molecule has 5 aromatic rings. The van der Waals surface area contributed by atoms with Crippen molar-refractivity contribution in [2.75, 3.05) is 5.73 Å². The summed E-state index contributed by atoms with van der Waals surface area (Å²) in [4.78, 5) is 21.5. The van der Waals surface area contributed by atoms with E-state index >= 15 is 0 Å². The molecular formula is C26H25N7O2. The number of carbonyl (C=O) groups is 1. The van der Waals surface area contributed by atoms with Gasteiger partial charge in [-0.15, -0.1) is 0 Å². The Kier molecular flexibility index (Phi) is 5.18. The lowest BCUT2D eigenvalue weighted by Crippen LogP contribution is -2.34. The van der Waals surface area contributed by atoms with Gasteiger partial charge in [0, 0.05) is 31.5 Å². The average Bonchev–Trinajstić information content (AvgIpc) is 3.61. The van der Waals surface area contributed by atoms with E-state index in [2.05, 4.69) is 44.6 Å². The average molecular weight is 468 g/mol. The Hall–Kier alpha value is -4.24. The number of anilines is 1. The number of nitrogens with one attached hydrogen (secondary N) is 1. The highest BCUT2D eigenvalue weighted by atomic mass is 16.5. The van der Waals surface area contributed by atoms with Crippen molar-refractivity contribution < 1.29 is 9.53 Å². The number of nitrogens with zero attached hydrogens (tertiary/aromatic N) is 5. The summed E-state index contributed by atoms with van der Waals surface area (Å²) >= 11 is 0. The molecule has 2 atom stereocenters. The molecule has 6 rings (SSSR count). The van der Waals surface area contributed by atoms with Gasteiger partial charge in [0.1, 0.15) is 30.1 Å². The van der Waals surface area contributed by atoms with Gasteiger partial charge in [0.2, 0.25) is 5.91 Å². The first kappa shape index (κ1) is 21.3. The number of rotatable bonds is 5. The topological polar surface area (TPSA) is 113 Å². The van der Waals surface area contributed by atoms with Crippen LogP contribution < -0.4 is 11.1 Å². The smallest absolute Gasteiger partial charge is 0.249 e. The zero-order valence-electron chi connectivity index (χ0n) is 19.3. The number of amides is 1. The predicted molar refractivity (Wildman–Crippen MR) is 133 cm³/mol. The highest BCUT2D eigenvalue weighted by Crippen LogP contribution is 2.37. The summed E-state index contributed by atoms with van der Waals surface area (Å²) in [6.45, 7) is 0.453. The molecule has 35 heavy (non-hydrogen) atoms. The van der Waals surface area contributed by atoms with Crippen LogP contribution in [0.25, 0.3) is 33.1 Å². The zero-order chi connectivity index (χ0) is 23.9. The number of hydrogen-bond acceptors (Lipinski definition) is 6. The van der Waals surface area contributed by atoms with Crippen LogP contribution in [0, 0.1) is 0 Å². The van der Waals surface area contributed by atoms with E-state index in [0.29, 0.717) is 30.9 Å². The van der Waals surface area contributed by atoms with Crippen LogP contribution in [0.4, 0.5) is 5.82 Å². The SMILES string of the molecule is Cn1ccc(-c2cn(C3CCC(C(=O)NCc4ccc5ccccc5c4)O3)c3ncnc(N)c23)n1. The van der Waals surface area contributed by atoms with Gasteiger partial charge in [-0.25, -0.2) is 9.97 Å². The molecule has 176 valence electrons. The van der Waals surface area contributed by atoms with E-state index < -0.39 is 6.10 Å². The highest BCUT2D eigenvalue weighted by Gasteiger charge is 2.33. The molecule has 0 bridgehead atoms. The van der Waals surface area contributed by atoms with Gasteiger partial charge in [-0.1, -0.05) is 36.4 Å². The summed E-state index contributed by atoms with van der Waals surface area (Å²) in [6, 6.07) is 16.3. The first-order chi connectivity index (χ1) is 17.1. The molecule has 9 heteroatoms. The standard InChI is InChI=1S/C26H25N7O2/c1-32-11-10-20(31-32)19-14-33(25-23(19)24(27)29-15-30-25)22-9-8-21(35-22)26(34)28-13-16-6-7-17-4-2-3-5-18(17)12-16/h2-7,10-12,14-15,21-22H,8-9,13H2,1H3,(H,28,34)(H2,27,29,30). The van der Waals surface area contributed by atoms with Crippen LogP contribution in [0.5, 0.6) is 0 Å². The lowest BCUT2D eigenvalue weighted by atomic mass is 10.1. The summed E-state index contributed by atoms with van der Waals surface area (Å²) in [5.41, 5.74) is 9.55. The van der Waals surface area contributed by atoms with Gasteiger partial charge in [-0.3, -0.25) is 9.48 Å². The number of fused-ring (bicyclic) bond motifs is 2. The number of hydrogen-bond donors (Lipinski definition) is 2. The number of aryl methyl sites for hydroxylation is 1. The second kappa shape index (κ2) is 8.52. The second-order valence-corrected chi connectivity index (χ2v) is 8.84. The Bertz CT molecular complexity index is 1550. The van der Waals surface area contributed by atoms with E-state index in [-0.39, 0.29) is 12.1 Å². The fraction of sp³-hybridized carbons (Fsp3) is 0.231. The van der Waals surface area contributed by atoms with E-state index in [1.54, 1.807) is 4.68 Å². The number of carbonyl (C=O) groups excluding carboxylic acids is 1. The minimum Gasteiger partial charge on any atom is -0.383 e. The lowest BCUT2D eigenvalue weighted by molar-refractivity contribution is -0.134. The molecule has 0 aliphatic carbocycles. The molecule has 1 amide bonds. The Morgan fingerprint density at radius 2 is 2.00 bits per heavy atom. The fourth-order valence-electron chi connectivity index (χ4n) is 4.75. The summed E-state index contributed by atoms with van der Waals surface area (Å²) in [5.74, 6) is 0.272. The fourth-order valence-corrected chi connectivity index (χ4v) is 4.75. The third kappa shape index (κ3) is 3.89. The van der Waals surface area contributed by atoms with Crippen LogP contribution in [0.2, 0.25) is 0 Å². The van der Waals surface area contributed by atoms with Crippen LogP contribution >= 0.6 is 0 Å². The predicted octanol–water partition coefficient (Wildman–Crippen LogP) is 3.56. The second-order valence-electron chi connectivity index (χ2n) is 8.84. The van der Waals surface area contributed by atoms with E-state index in [4.69, 9.17) is 10.5 Å². The first-order valence-corrected chi connectivity index (χ1v) is 11.6. The third-order valence-electron chi connectivity index (χ3n) is 6.51. The van der Waals surface area contributed by atoms with Crippen molar-refractivity contribution in [2.45, 2.75) is 31.7 Å². The molecular weight excluding hydrogens is 442 g/mol. The van der Waals surface area contributed by atoms with Gasteiger partial charge in [-0.05, 0) is 41.3 Å². The third-order valence-corrected chi connectivity index (χ3v) is 6.51. The lowest BCUT2D eigenvalue weighted by Gasteiger charge is -2.16. The molecule has 1 aliphatic rings. The van der Waals surface area contributed by atoms with E-state index in [0.717, 1.165) is 27.6 Å². The maximum Gasteiger partial charge on any atom is 0.249 e. The van der Waals surface area contributed by atoms with Crippen molar-refractivity contribution in [1.29, 1.82) is 0 Å². The number of benzene rings is 2. The molecule has 3 N–H and O–H groups in total. The Morgan fingerprint density at radius 1 is 1.14 bits per heavy atom. The van der Waals surface area contributed by atoms with E-state index in [1.165, 1.54) is 11.7 Å². The van der Waals surface area contributed by atoms with Crippen LogP contribution in [-0.2, 0) is 23.1 Å². The number of nitrogen functional groups attached to an aromatic ring is 1. The largest absolute Gasteiger partial charge is 0.383 e. The van der Waals surface area contributed by atoms with Crippen LogP contribution in [0.15, 0.2) is 67.3 Å². The molecule has 1 aliphatic heterocycles. The van der Waals surface area contributed by atoms with Crippen molar-refractivity contribution in [3.05, 3.63) is 72.8 Å². The Labute approximate surface area is 201 Å². The Morgan fingerprint density at radius 3 is 2.83 bits per heavy atom. The highest BCUT2D eigenvalue weighted by molar-refractivity contribution is 5.99. The van der Waals surface area contributed by atoms with E-state index in [9.17, 15) is 4.79 Å². The minimum absolute atomic E-state index is 0.115. The minimum atomic E-state index is -0.532. The van der Waals surface area contributed by atoms with Crippen molar-refractivity contribution in [1.82, 2.24) is 29.6 Å². The van der Waals surface area contributed by atoms with Gasteiger partial charge < -0.3 is 20.4 Å². The van der Waals surface area contributed by atoms with Crippen molar-refractivity contribution in [3.8, 4) is 11.3 Å². The summed E-state index contributed by atoms with van der Waals surface area (Å²) in [6.07, 6.45) is 5.70. The molecule has 0 saturated carbocycles. The molecule has 4 heterocycles. The molecule has 0 spiro atoms. The van der Waals surface area contributed by atoms with Gasteiger partial charge in [-0.2, -0.15) is 5.10 Å². The van der Waals surface area contributed by atoms with Gasteiger partial charge >= 0.3 is 0 Å². The maximum absolute atomic E-state index is 12.9. The Balaban J connectivity index is 1.20. The number of nitrogens with two attached hydrogens (primary N) is 1.